The van der Waals surface area contributed by atoms with E-state index in [9.17, 15) is 48.3 Å². The molecule has 63 heteroatoms. The Bertz CT molecular complexity index is 6260. The molecule has 0 spiro atoms. The second kappa shape index (κ2) is 49.8. The van der Waals surface area contributed by atoms with E-state index in [0.29, 0.717) is 0 Å². The molecule has 4 unspecified atom stereocenters. The lowest BCUT2D eigenvalue weighted by Crippen LogP contribution is -2.51. The summed E-state index contributed by atoms with van der Waals surface area (Å²) in [5.74, 6) is -2.13. The van der Waals surface area contributed by atoms with Crippen LogP contribution in [0.3, 0.4) is 0 Å². The molecular weight excluding hydrogens is 2220 g/mol. The summed E-state index contributed by atoms with van der Waals surface area (Å²) in [4.78, 5) is 188. The smallest absolute Gasteiger partial charge is 0.280 e. The number of carbonyl (C=O) groups is 2. The predicted molar refractivity (Wildman–Crippen MR) is 592 cm³/mol. The van der Waals surface area contributed by atoms with Crippen molar-refractivity contribution in [3.63, 3.8) is 0 Å². The molecule has 16 rings (SSSR count). The van der Waals surface area contributed by atoms with Crippen LogP contribution in [0.15, 0.2) is 106 Å². The fourth-order valence-corrected chi connectivity index (χ4v) is 32.7. The molecule has 822 valence electrons. The number of rotatable bonds is 16. The van der Waals surface area contributed by atoms with E-state index >= 15 is 0 Å². The highest BCUT2D eigenvalue weighted by atomic mass is 32.5. The number of nitrogens with two attached hydrogens (primary N) is 3. The van der Waals surface area contributed by atoms with Gasteiger partial charge in [0, 0.05) is 36.1 Å². The molecule has 6 aliphatic heterocycles. The minimum Gasteiger partial charge on any atom is -0.780 e. The Balaban J connectivity index is 0.000000261. The normalized spacial score (nSPS) is 27.9. The number of amides is 2. The number of quaternary nitrogens is 2. The van der Waals surface area contributed by atoms with Crippen molar-refractivity contribution in [2.24, 2.45) is 17.6 Å². The van der Waals surface area contributed by atoms with E-state index in [0.717, 1.165) is 0 Å². The third-order valence-electron chi connectivity index (χ3n) is 26.3. The number of carbonyl (C=O) groups excluding carboxylic acids is 2. The van der Waals surface area contributed by atoms with Crippen LogP contribution >= 0.6 is 73.9 Å². The van der Waals surface area contributed by atoms with E-state index in [1.54, 1.807) is 60.1 Å². The molecule has 0 saturated carbocycles. The minimum atomic E-state index is -4.53. The summed E-state index contributed by atoms with van der Waals surface area (Å²) < 4.78 is 85.3. The highest BCUT2D eigenvalue weighted by molar-refractivity contribution is 8.08. The van der Waals surface area contributed by atoms with E-state index in [-0.39, 0.29) is 127 Å². The zero-order chi connectivity index (χ0) is 110. The van der Waals surface area contributed by atoms with Crippen molar-refractivity contribution >= 4 is 235 Å². The van der Waals surface area contributed by atoms with Gasteiger partial charge in [0.15, 0.2) is 103 Å². The Morgan fingerprint density at radius 1 is 0.412 bits per heavy atom. The van der Waals surface area contributed by atoms with Crippen molar-refractivity contribution in [1.82, 2.24) is 78.1 Å². The van der Waals surface area contributed by atoms with Crippen LogP contribution in [-0.4, -0.2) is 241 Å². The third-order valence-corrected chi connectivity index (χ3v) is 56.5. The molecule has 2 amide bonds. The molecule has 47 nitrogen and oxygen atoms in total. The lowest BCUT2D eigenvalue weighted by Gasteiger charge is -2.44. The molecule has 10 aromatic rings. The van der Waals surface area contributed by atoms with Gasteiger partial charge in [-0.15, -0.1) is 47.0 Å². The van der Waals surface area contributed by atoms with Gasteiger partial charge in [0.05, 0.1) is 111 Å². The van der Waals surface area contributed by atoms with Crippen LogP contribution in [0.25, 0.3) is 44.7 Å². The Hall–Kier alpha value is -5.65. The first-order valence-corrected chi connectivity index (χ1v) is 73.1. The topological polar surface area (TPSA) is 677 Å². The molecule has 6 aliphatic rings. The third kappa shape index (κ3) is 29.8. The molecule has 0 aliphatic carbocycles. The highest BCUT2D eigenvalue weighted by Crippen LogP contribution is 2.63. The van der Waals surface area contributed by atoms with Crippen LogP contribution in [0.4, 0.5) is 23.8 Å². The number of hydrogen-bond acceptors (Lipinski definition) is 41. The number of hydrogen-bond donors (Lipinski definition) is 11. The molecule has 6 fully saturated rings. The molecule has 16 heterocycles. The van der Waals surface area contributed by atoms with Crippen LogP contribution in [-0.2, 0) is 111 Å². The zero-order valence-corrected chi connectivity index (χ0v) is 102. The van der Waals surface area contributed by atoms with Gasteiger partial charge in [-0.1, -0.05) is 170 Å². The van der Waals surface area contributed by atoms with Crippen molar-refractivity contribution < 1.29 is 104 Å². The van der Waals surface area contributed by atoms with E-state index in [2.05, 4.69) is 181 Å². The number of pyridine rings is 2. The number of H-pyrrole nitrogens is 6. The van der Waals surface area contributed by atoms with Gasteiger partial charge in [-0.25, -0.2) is 29.9 Å². The SMILES string of the molecule is CC(C)(C)[Si](C)(C)O[C@H]1[C@H]2OP([O-])(=S)OC[C@H]3S[C@@H](n4cnc5c(=O)[nH]c(N)nc54)[C@H](OP([O-])(=S)OC[C@H]1S[C@H]2n1cnc2c(=O)[nH]c(N)nc21)[C@@H]3O[Si](C)(C)C(C)(C)C.CC(C)C(=O)Nc1nc2c(ncn2[C@@H]2S[C@@H]3COP([O-])(=S)O[C@@H]4[C@H](O[Si](C)(C)C(C)(C)C)[C@@H](COP([O-])(=S)O[C@@H]2[C@@H]3O[Si](C)(C)C(C)(C)C)S[C@H]4n2cnc3c(=O)[nH]c(NC(=O)C(C)C)nc32)c(=O)[nH]1.CN.C[NH3+].C[NH3+].c1cc[nH+]cc1.c1cc[nH+]cc1. The van der Waals surface area contributed by atoms with Crippen molar-refractivity contribution in [3.05, 3.63) is 128 Å². The first-order valence-electron chi connectivity index (χ1n) is 47.5. The molecule has 20 atom stereocenters. The maximum atomic E-state index is 14.9. The van der Waals surface area contributed by atoms with Gasteiger partial charge >= 0.3 is 0 Å². The standard InChI is InChI=1S/C40H64N10O12P2S4Si2.C32H52N10O10P2S4Si2.2C5H5N.3CH5N/c1-19(2)31(51)45-37-43-29-23(33(53)47-37)41-17-49(29)35-27-25(61-69(11,12)39(5,6)7)21(67-35)15-57-64(56,66)60-28-26(62-70(13,14)40(8,9)10)22(16-58-63(55,65)59-27)68-36(28)50-18-42-24-30(50)44-38(48-34(24)54)46-32(52)20(3)4;1-31(2,3)59(7,8)51-19-15-11-47-54(46,56)50-22-20(52-60(9,10)32(4,5)6)16(58-28(22)42-14-36-18-24(42)38-30(34)40-26(18)44)12-48-53(45,55)49-21(19)27(57-15)41-13-35-17-23(41)37-29(33)39-25(17)43;2*1-2-4-6-5-3-1;3*1-2/h17-22,25-28,35-36H,15-16H2,1-14H3,(H,55,65)(H,56,66)(H2,43,45,47,51,53)(H2,44,46,48,52,54);13-16,19-22,27-28H,11-12H2,1-10H3,(H,45,55)(H,46,56)(H3,33,37,39,43)(H3,34,38,40,44);2*1-5H;3*2H2,1H3/t21-,22-,25-,26-,27-,28-,35-,36-,63?,64?;15-,16-,19-,20-,21-,22-,27-,28-,53?,54?;;;;;/m11...../s1. The lowest BCUT2D eigenvalue weighted by atomic mass is 10.1. The van der Waals surface area contributed by atoms with Gasteiger partial charge in [0.2, 0.25) is 35.6 Å². The van der Waals surface area contributed by atoms with E-state index in [4.69, 9.17) is 113 Å². The van der Waals surface area contributed by atoms with Crippen molar-refractivity contribution in [3.8, 4) is 0 Å². The molecule has 20 N–H and O–H groups in total. The lowest BCUT2D eigenvalue weighted by molar-refractivity contribution is -0.378. The van der Waals surface area contributed by atoms with Gasteiger partial charge in [0.1, 0.15) is 72.8 Å². The van der Waals surface area contributed by atoms with Gasteiger partial charge in [-0.2, -0.15) is 19.9 Å². The van der Waals surface area contributed by atoms with Gasteiger partial charge in [-0.3, -0.25) is 77.6 Å². The highest BCUT2D eigenvalue weighted by Gasteiger charge is 2.59. The Morgan fingerprint density at radius 3 is 0.811 bits per heavy atom. The Kier molecular flexibility index (Phi) is 41.8. The maximum Gasteiger partial charge on any atom is 0.280 e. The average molecular weight is 2360 g/mol. The van der Waals surface area contributed by atoms with E-state index in [1.165, 1.54) is 79.4 Å². The summed E-state index contributed by atoms with van der Waals surface area (Å²) in [5.41, 5.74) is 20.9. The number of nitrogen functional groups attached to an aromatic ring is 2. The first-order chi connectivity index (χ1) is 68.8. The van der Waals surface area contributed by atoms with Crippen LogP contribution < -0.4 is 91.1 Å². The minimum absolute atomic E-state index is 0.0146. The second-order valence-electron chi connectivity index (χ2n) is 41.4. The molecule has 148 heavy (non-hydrogen) atoms. The largest absolute Gasteiger partial charge is 0.780 e. The van der Waals surface area contributed by atoms with Crippen molar-refractivity contribution in [2.75, 3.05) is 69.7 Å². The number of nitrogens with one attached hydrogen (secondary N) is 8. The van der Waals surface area contributed by atoms with Crippen LogP contribution in [0.2, 0.25) is 72.5 Å². The van der Waals surface area contributed by atoms with Crippen molar-refractivity contribution in [2.45, 2.75) is 275 Å². The van der Waals surface area contributed by atoms with Crippen molar-refractivity contribution in [1.29, 1.82) is 0 Å². The quantitative estimate of drug-likeness (QED) is 0.0338. The van der Waals surface area contributed by atoms with E-state index in [1.807, 2.05) is 114 Å². The number of aromatic nitrogens is 18. The maximum absolute atomic E-state index is 14.9. The van der Waals surface area contributed by atoms with Crippen LogP contribution in [0.1, 0.15) is 132 Å². The summed E-state index contributed by atoms with van der Waals surface area (Å²) in [7, 11) is -5.82. The molecular formula is C85H141N25O22P4S8Si4. The van der Waals surface area contributed by atoms with Gasteiger partial charge in [0.25, 0.3) is 22.2 Å². The average Bonchev–Trinajstić information content (AvgIpc) is 1.60. The molecule has 10 aromatic heterocycles. The molecule has 0 radical (unpaired) electrons. The first kappa shape index (κ1) is 124. The monoisotopic (exact) mass is 2360 g/mol. The molecule has 0 aromatic carbocycles. The summed E-state index contributed by atoms with van der Waals surface area (Å²) in [6.07, 6.45) is 4.75. The Morgan fingerprint density at radius 2 is 0.622 bits per heavy atom. The molecule has 6 saturated heterocycles. The second-order valence-corrected chi connectivity index (χ2v) is 76.6. The fourth-order valence-electron chi connectivity index (χ4n) is 14.5. The summed E-state index contributed by atoms with van der Waals surface area (Å²) in [6.45, 7) is 28.6. The number of fused-ring (bicyclic) bond motifs is 12. The number of imidazole rings is 4. The van der Waals surface area contributed by atoms with Gasteiger partial charge < -0.3 is 102 Å². The van der Waals surface area contributed by atoms with Gasteiger partial charge in [-0.05, 0) is 79.6 Å². The van der Waals surface area contributed by atoms with E-state index < -0.39 is 186 Å². The molecule has 8 bridgehead atoms. The van der Waals surface area contributed by atoms with Crippen LogP contribution in [0.5, 0.6) is 0 Å². The number of aromatic amines is 6. The number of anilines is 4. The zero-order valence-electron chi connectivity index (χ0n) is 87.9. The Labute approximate surface area is 900 Å². The number of nitrogens with zero attached hydrogens (tertiary/aromatic N) is 12. The fraction of sp³-hybridized carbons (Fsp3) is 0.624. The summed E-state index contributed by atoms with van der Waals surface area (Å²) >= 11 is 27.9. The summed E-state index contributed by atoms with van der Waals surface area (Å²) in [5, 5.41) is -2.44. The van der Waals surface area contributed by atoms with Crippen LogP contribution in [0, 0.1) is 11.8 Å². The number of thioether (sulfide) groups is 4. The predicted octanol–water partition coefficient (Wildman–Crippen LogP) is 7.14. The summed E-state index contributed by atoms with van der Waals surface area (Å²) in [6, 6.07) is 11.7.